The maximum absolute atomic E-state index is 13.1. The van der Waals surface area contributed by atoms with Crippen molar-refractivity contribution in [2.24, 2.45) is 5.92 Å². The van der Waals surface area contributed by atoms with E-state index in [1.165, 1.54) is 25.3 Å². The van der Waals surface area contributed by atoms with Crippen LogP contribution in [-0.4, -0.2) is 79.2 Å². The van der Waals surface area contributed by atoms with Gasteiger partial charge in [-0.05, 0) is 31.0 Å². The van der Waals surface area contributed by atoms with Gasteiger partial charge in [0.25, 0.3) is 5.91 Å². The number of fused-ring (bicyclic) bond motifs is 4. The first-order valence-electron chi connectivity index (χ1n) is 8.95. The van der Waals surface area contributed by atoms with Crippen LogP contribution in [0.4, 0.5) is 0 Å². The molecule has 2 bridgehead atoms. The molecule has 2 amide bonds. The van der Waals surface area contributed by atoms with Gasteiger partial charge in [-0.25, -0.2) is 4.79 Å². The highest BCUT2D eigenvalue weighted by Gasteiger charge is 2.41. The maximum atomic E-state index is 13.1. The summed E-state index contributed by atoms with van der Waals surface area (Å²) in [5, 5.41) is 9.27. The molecular weight excluding hydrogens is 352 g/mol. The Morgan fingerprint density at radius 1 is 1.15 bits per heavy atom. The van der Waals surface area contributed by atoms with Gasteiger partial charge in [0.05, 0.1) is 25.2 Å². The van der Waals surface area contributed by atoms with Crippen LogP contribution in [0, 0.1) is 5.92 Å². The molecule has 1 aromatic carbocycles. The van der Waals surface area contributed by atoms with Crippen LogP contribution in [0.15, 0.2) is 18.2 Å². The summed E-state index contributed by atoms with van der Waals surface area (Å²) in [4.78, 5) is 40.6. The first kappa shape index (κ1) is 19.2. The van der Waals surface area contributed by atoms with Gasteiger partial charge in [0.1, 0.15) is 5.75 Å². The van der Waals surface area contributed by atoms with Gasteiger partial charge >= 0.3 is 5.97 Å². The van der Waals surface area contributed by atoms with Crippen LogP contribution in [0.2, 0.25) is 0 Å². The highest BCUT2D eigenvalue weighted by Crippen LogP contribution is 2.30. The number of aromatic carboxylic acids is 1. The summed E-state index contributed by atoms with van der Waals surface area (Å²) in [6.45, 7) is 1.75. The average molecular weight is 376 g/mol. The Kier molecular flexibility index (Phi) is 5.65. The van der Waals surface area contributed by atoms with Crippen molar-refractivity contribution in [2.75, 3.05) is 40.5 Å². The molecule has 0 aliphatic carbocycles. The van der Waals surface area contributed by atoms with E-state index < -0.39 is 5.97 Å². The highest BCUT2D eigenvalue weighted by atomic mass is 16.5. The van der Waals surface area contributed by atoms with Crippen molar-refractivity contribution in [3.05, 3.63) is 29.3 Å². The molecule has 3 saturated heterocycles. The number of rotatable bonds is 6. The van der Waals surface area contributed by atoms with Gasteiger partial charge in [-0.2, -0.15) is 0 Å². The monoisotopic (exact) mass is 376 g/mol. The largest absolute Gasteiger partial charge is 0.497 e. The van der Waals surface area contributed by atoms with Gasteiger partial charge < -0.3 is 24.4 Å². The van der Waals surface area contributed by atoms with Gasteiger partial charge in [-0.1, -0.05) is 0 Å². The number of amides is 2. The second-order valence-corrected chi connectivity index (χ2v) is 6.92. The summed E-state index contributed by atoms with van der Waals surface area (Å²) >= 11 is 0. The van der Waals surface area contributed by atoms with E-state index in [0.29, 0.717) is 32.0 Å². The van der Waals surface area contributed by atoms with E-state index in [1.807, 2.05) is 4.90 Å². The van der Waals surface area contributed by atoms with Crippen molar-refractivity contribution < 1.29 is 29.0 Å². The fraction of sp³-hybridized carbons (Fsp3) is 0.526. The molecule has 8 nitrogen and oxygen atoms in total. The summed E-state index contributed by atoms with van der Waals surface area (Å²) in [6.07, 6.45) is 1.61. The van der Waals surface area contributed by atoms with E-state index >= 15 is 0 Å². The van der Waals surface area contributed by atoms with Gasteiger partial charge in [0.2, 0.25) is 5.91 Å². The molecule has 8 heteroatoms. The Bertz CT molecular complexity index is 750. The molecular formula is C19H24N2O6. The first-order valence-corrected chi connectivity index (χ1v) is 8.95. The number of hydrogen-bond acceptors (Lipinski definition) is 5. The van der Waals surface area contributed by atoms with Crippen LogP contribution >= 0.6 is 0 Å². The number of ether oxygens (including phenoxy) is 2. The van der Waals surface area contributed by atoms with Crippen LogP contribution in [0.3, 0.4) is 0 Å². The lowest BCUT2D eigenvalue weighted by molar-refractivity contribution is -0.140. The van der Waals surface area contributed by atoms with E-state index in [2.05, 4.69) is 0 Å². The lowest BCUT2D eigenvalue weighted by Gasteiger charge is -2.35. The number of piperidine rings is 1. The van der Waals surface area contributed by atoms with E-state index in [4.69, 9.17) is 9.47 Å². The zero-order valence-corrected chi connectivity index (χ0v) is 15.5. The Morgan fingerprint density at radius 3 is 2.56 bits per heavy atom. The predicted octanol–water partition coefficient (Wildman–Crippen LogP) is 1.10. The quantitative estimate of drug-likeness (QED) is 0.799. The van der Waals surface area contributed by atoms with Crippen LogP contribution in [0.5, 0.6) is 5.75 Å². The summed E-state index contributed by atoms with van der Waals surface area (Å²) in [5.41, 5.74) is 0.247. The molecule has 0 spiro atoms. The fourth-order valence-corrected chi connectivity index (χ4v) is 3.84. The molecule has 0 aromatic heterocycles. The Morgan fingerprint density at radius 2 is 1.89 bits per heavy atom. The molecule has 0 saturated carbocycles. The van der Waals surface area contributed by atoms with E-state index in [9.17, 15) is 19.5 Å². The van der Waals surface area contributed by atoms with Gasteiger partial charge in [0.15, 0.2) is 0 Å². The topological polar surface area (TPSA) is 96.4 Å². The summed E-state index contributed by atoms with van der Waals surface area (Å²) in [7, 11) is 3.02. The molecule has 1 N–H and O–H groups in total. The van der Waals surface area contributed by atoms with Crippen LogP contribution in [-0.2, 0) is 9.53 Å². The number of nitrogens with zero attached hydrogens (tertiary/aromatic N) is 2. The number of methoxy groups -OCH3 is 2. The van der Waals surface area contributed by atoms with Crippen molar-refractivity contribution in [2.45, 2.75) is 18.9 Å². The minimum absolute atomic E-state index is 0.00621. The number of carboxylic acids is 1. The maximum Gasteiger partial charge on any atom is 0.335 e. The van der Waals surface area contributed by atoms with Crippen LogP contribution < -0.4 is 4.74 Å². The smallest absolute Gasteiger partial charge is 0.335 e. The third-order valence-corrected chi connectivity index (χ3v) is 5.25. The highest BCUT2D eigenvalue weighted by molar-refractivity contribution is 5.98. The number of carboxylic acid groups (broad SMARTS) is 1. The molecule has 2 atom stereocenters. The zero-order valence-electron chi connectivity index (χ0n) is 15.5. The van der Waals surface area contributed by atoms with Crippen LogP contribution in [0.1, 0.15) is 33.6 Å². The van der Waals surface area contributed by atoms with Crippen molar-refractivity contribution in [3.8, 4) is 5.75 Å². The minimum Gasteiger partial charge on any atom is -0.497 e. The normalized spacial score (nSPS) is 21.9. The molecule has 3 aliphatic rings. The lowest BCUT2D eigenvalue weighted by Crippen LogP contribution is -2.49. The third-order valence-electron chi connectivity index (χ3n) is 5.25. The van der Waals surface area contributed by atoms with Gasteiger partial charge in [0, 0.05) is 38.3 Å². The minimum atomic E-state index is -1.13. The van der Waals surface area contributed by atoms with Crippen molar-refractivity contribution in [1.82, 2.24) is 9.80 Å². The van der Waals surface area contributed by atoms with Crippen molar-refractivity contribution in [1.29, 1.82) is 0 Å². The van der Waals surface area contributed by atoms with Crippen molar-refractivity contribution in [3.63, 3.8) is 0 Å². The van der Waals surface area contributed by atoms with Gasteiger partial charge in [-0.3, -0.25) is 9.59 Å². The molecule has 146 valence electrons. The van der Waals surface area contributed by atoms with E-state index in [-0.39, 0.29) is 34.9 Å². The second-order valence-electron chi connectivity index (χ2n) is 6.92. The predicted molar refractivity (Wildman–Crippen MR) is 96.0 cm³/mol. The number of carbonyl (C=O) groups excluding carboxylic acids is 2. The number of benzene rings is 1. The summed E-state index contributed by atoms with van der Waals surface area (Å²) in [5.74, 6) is -1.26. The molecule has 4 rings (SSSR count). The average Bonchev–Trinajstić information content (AvgIpc) is 2.96. The number of hydrogen-bond donors (Lipinski definition) is 1. The molecule has 3 heterocycles. The standard InChI is InChI=1S/C19H24N2O6/c1-26-6-5-21-15-4-3-12(18(21)23)10-20(11-15)17(22)13-7-14(19(24)25)9-16(8-13)27-2/h7-9,12,15H,3-6,10-11H2,1-2H3,(H,24,25)/t12-,15+/m1/s1. The molecule has 27 heavy (non-hydrogen) atoms. The molecule has 1 aromatic rings. The van der Waals surface area contributed by atoms with Gasteiger partial charge in [-0.15, -0.1) is 0 Å². The number of carbonyl (C=O) groups is 3. The van der Waals surface area contributed by atoms with Crippen molar-refractivity contribution >= 4 is 17.8 Å². The molecule has 3 fully saturated rings. The molecule has 3 aliphatic heterocycles. The van der Waals surface area contributed by atoms with E-state index in [0.717, 1.165) is 12.8 Å². The SMILES string of the molecule is COCCN1C(=O)[C@@H]2CC[C@H]1CN(C(=O)c1cc(OC)cc(C(=O)O)c1)C2. The second kappa shape index (κ2) is 7.96. The first-order chi connectivity index (χ1) is 12.9. The Labute approximate surface area is 157 Å². The third kappa shape index (κ3) is 3.90. The van der Waals surface area contributed by atoms with Crippen LogP contribution in [0.25, 0.3) is 0 Å². The Hall–Kier alpha value is -2.61. The fourth-order valence-electron chi connectivity index (χ4n) is 3.84. The zero-order chi connectivity index (χ0) is 19.6. The van der Waals surface area contributed by atoms with E-state index in [1.54, 1.807) is 12.0 Å². The Balaban J connectivity index is 1.85. The summed E-state index contributed by atoms with van der Waals surface area (Å²) in [6, 6.07) is 4.22. The summed E-state index contributed by atoms with van der Waals surface area (Å²) < 4.78 is 10.2. The lowest BCUT2D eigenvalue weighted by atomic mass is 9.94. The molecule has 0 unspecified atom stereocenters. The molecule has 0 radical (unpaired) electrons.